The molecule has 0 saturated carbocycles. The summed E-state index contributed by atoms with van der Waals surface area (Å²) < 4.78 is 5.42. The van der Waals surface area contributed by atoms with E-state index in [1.165, 1.54) is 0 Å². The summed E-state index contributed by atoms with van der Waals surface area (Å²) in [5, 5.41) is 3.54. The number of nitrogens with zero attached hydrogens (tertiary/aromatic N) is 2. The molecule has 0 aliphatic heterocycles. The van der Waals surface area contributed by atoms with Crippen molar-refractivity contribution >= 4 is 0 Å². The first-order valence-electron chi connectivity index (χ1n) is 6.89. The second-order valence-electron chi connectivity index (χ2n) is 4.79. The lowest BCUT2D eigenvalue weighted by Gasteiger charge is -2.20. The molecule has 2 rings (SSSR count). The smallest absolute Gasteiger partial charge is 0.122 e. The molecule has 20 heavy (non-hydrogen) atoms. The topological polar surface area (TPSA) is 47.0 Å². The van der Waals surface area contributed by atoms with E-state index in [2.05, 4.69) is 40.4 Å². The molecule has 106 valence electrons. The van der Waals surface area contributed by atoms with E-state index in [0.29, 0.717) is 0 Å². The third-order valence-electron chi connectivity index (χ3n) is 3.28. The summed E-state index contributed by atoms with van der Waals surface area (Å²) in [5.41, 5.74) is 3.36. The van der Waals surface area contributed by atoms with Gasteiger partial charge >= 0.3 is 0 Å². The first-order valence-corrected chi connectivity index (χ1v) is 6.89. The van der Waals surface area contributed by atoms with Gasteiger partial charge in [0.2, 0.25) is 0 Å². The number of aromatic nitrogens is 2. The molecule has 1 unspecified atom stereocenters. The van der Waals surface area contributed by atoms with Crippen LogP contribution < -0.4 is 10.1 Å². The Morgan fingerprint density at radius 1 is 1.20 bits per heavy atom. The average Bonchev–Trinajstić information content (AvgIpc) is 2.50. The average molecular weight is 271 g/mol. The second-order valence-corrected chi connectivity index (χ2v) is 4.79. The molecule has 0 aliphatic carbocycles. The predicted octanol–water partition coefficient (Wildman–Crippen LogP) is 2.88. The van der Waals surface area contributed by atoms with Crippen LogP contribution >= 0.6 is 0 Å². The van der Waals surface area contributed by atoms with Crippen LogP contribution in [-0.4, -0.2) is 23.6 Å². The van der Waals surface area contributed by atoms with Crippen LogP contribution in [0.4, 0.5) is 0 Å². The monoisotopic (exact) mass is 271 g/mol. The van der Waals surface area contributed by atoms with Crippen molar-refractivity contribution in [3.63, 3.8) is 0 Å². The van der Waals surface area contributed by atoms with Crippen LogP contribution in [0.15, 0.2) is 36.9 Å². The van der Waals surface area contributed by atoms with Gasteiger partial charge in [0.25, 0.3) is 0 Å². The lowest BCUT2D eigenvalue weighted by molar-refractivity contribution is 0.410. The normalized spacial score (nSPS) is 12.2. The van der Waals surface area contributed by atoms with Crippen molar-refractivity contribution in [2.45, 2.75) is 26.3 Å². The molecule has 0 fully saturated rings. The first-order chi connectivity index (χ1) is 9.76. The summed E-state index contributed by atoms with van der Waals surface area (Å²) in [6.07, 6.45) is 6.34. The molecule has 1 N–H and O–H groups in total. The fourth-order valence-electron chi connectivity index (χ4n) is 2.19. The first kappa shape index (κ1) is 14.5. The van der Waals surface area contributed by atoms with Gasteiger partial charge in [-0.15, -0.1) is 0 Å². The zero-order chi connectivity index (χ0) is 14.4. The zero-order valence-corrected chi connectivity index (χ0v) is 12.3. The van der Waals surface area contributed by atoms with Crippen LogP contribution in [0.5, 0.6) is 5.75 Å². The number of aryl methyl sites for hydroxylation is 1. The fourth-order valence-corrected chi connectivity index (χ4v) is 2.19. The summed E-state index contributed by atoms with van der Waals surface area (Å²) in [5.74, 6) is 0.905. The number of rotatable bonds is 6. The Kier molecular flexibility index (Phi) is 5.07. The molecule has 4 heteroatoms. The molecule has 0 spiro atoms. The summed E-state index contributed by atoms with van der Waals surface area (Å²) in [6, 6.07) is 6.37. The van der Waals surface area contributed by atoms with Crippen molar-refractivity contribution in [3.8, 4) is 5.75 Å². The van der Waals surface area contributed by atoms with E-state index < -0.39 is 0 Å². The Hall–Kier alpha value is -1.94. The van der Waals surface area contributed by atoms with E-state index in [4.69, 9.17) is 4.74 Å². The van der Waals surface area contributed by atoms with Gasteiger partial charge in [0.05, 0.1) is 13.2 Å². The zero-order valence-electron chi connectivity index (χ0n) is 12.3. The minimum absolute atomic E-state index is 0.0886. The van der Waals surface area contributed by atoms with Crippen molar-refractivity contribution in [2.75, 3.05) is 13.7 Å². The van der Waals surface area contributed by atoms with E-state index in [0.717, 1.165) is 35.4 Å². The van der Waals surface area contributed by atoms with E-state index in [1.807, 2.05) is 19.3 Å². The Morgan fingerprint density at radius 3 is 2.60 bits per heavy atom. The largest absolute Gasteiger partial charge is 0.496 e. The van der Waals surface area contributed by atoms with Gasteiger partial charge < -0.3 is 10.1 Å². The van der Waals surface area contributed by atoms with Crippen LogP contribution in [0.25, 0.3) is 0 Å². The summed E-state index contributed by atoms with van der Waals surface area (Å²) in [6.45, 7) is 5.14. The van der Waals surface area contributed by atoms with Crippen molar-refractivity contribution in [2.24, 2.45) is 0 Å². The highest BCUT2D eigenvalue weighted by atomic mass is 16.5. The molecule has 0 amide bonds. The van der Waals surface area contributed by atoms with Crippen molar-refractivity contribution < 1.29 is 4.74 Å². The number of benzene rings is 1. The molecule has 0 radical (unpaired) electrons. The molecule has 0 saturated heterocycles. The van der Waals surface area contributed by atoms with Gasteiger partial charge in [-0.2, -0.15) is 0 Å². The fraction of sp³-hybridized carbons (Fsp3) is 0.375. The molecule has 1 heterocycles. The van der Waals surface area contributed by atoms with Crippen LogP contribution in [0.3, 0.4) is 0 Å². The highest BCUT2D eigenvalue weighted by Gasteiger charge is 2.15. The van der Waals surface area contributed by atoms with E-state index in [9.17, 15) is 0 Å². The quantitative estimate of drug-likeness (QED) is 0.877. The molecule has 4 nitrogen and oxygen atoms in total. The number of hydrogen-bond donors (Lipinski definition) is 1. The second kappa shape index (κ2) is 7.01. The summed E-state index contributed by atoms with van der Waals surface area (Å²) >= 11 is 0. The standard InChI is InChI=1S/C16H21N3O/c1-4-7-19-16(14-9-17-11-18-10-14)13-6-5-12(2)15(8-13)20-3/h5-6,8-11,16,19H,4,7H2,1-3H3. The Morgan fingerprint density at radius 2 is 1.95 bits per heavy atom. The molecule has 1 aromatic carbocycles. The van der Waals surface area contributed by atoms with Crippen LogP contribution in [-0.2, 0) is 0 Å². The molecular formula is C16H21N3O. The lowest BCUT2D eigenvalue weighted by Crippen LogP contribution is -2.23. The molecule has 1 aromatic heterocycles. The number of hydrogen-bond acceptors (Lipinski definition) is 4. The lowest BCUT2D eigenvalue weighted by atomic mass is 9.99. The number of nitrogens with one attached hydrogen (secondary N) is 1. The highest BCUT2D eigenvalue weighted by molar-refractivity contribution is 5.40. The molecular weight excluding hydrogens is 250 g/mol. The van der Waals surface area contributed by atoms with Crippen LogP contribution in [0.1, 0.15) is 36.1 Å². The Bertz CT molecular complexity index is 543. The summed E-state index contributed by atoms with van der Waals surface area (Å²) in [4.78, 5) is 8.23. The van der Waals surface area contributed by atoms with Crippen molar-refractivity contribution in [3.05, 3.63) is 53.6 Å². The van der Waals surface area contributed by atoms with Gasteiger partial charge in [-0.3, -0.25) is 0 Å². The Labute approximate surface area is 120 Å². The van der Waals surface area contributed by atoms with Gasteiger partial charge in [-0.1, -0.05) is 19.1 Å². The molecule has 0 aliphatic rings. The third-order valence-corrected chi connectivity index (χ3v) is 3.28. The molecule has 2 aromatic rings. The maximum absolute atomic E-state index is 5.42. The van der Waals surface area contributed by atoms with Crippen LogP contribution in [0.2, 0.25) is 0 Å². The van der Waals surface area contributed by atoms with Gasteiger partial charge in [0.15, 0.2) is 0 Å². The number of ether oxygens (including phenoxy) is 1. The minimum Gasteiger partial charge on any atom is -0.496 e. The van der Waals surface area contributed by atoms with E-state index in [1.54, 1.807) is 13.4 Å². The van der Waals surface area contributed by atoms with E-state index >= 15 is 0 Å². The highest BCUT2D eigenvalue weighted by Crippen LogP contribution is 2.26. The maximum Gasteiger partial charge on any atom is 0.122 e. The van der Waals surface area contributed by atoms with Crippen molar-refractivity contribution in [1.29, 1.82) is 0 Å². The SMILES string of the molecule is CCCNC(c1cncnc1)c1ccc(C)c(OC)c1. The molecule has 0 bridgehead atoms. The maximum atomic E-state index is 5.42. The predicted molar refractivity (Wildman–Crippen MR) is 79.9 cm³/mol. The summed E-state index contributed by atoms with van der Waals surface area (Å²) in [7, 11) is 1.70. The third kappa shape index (κ3) is 3.33. The molecule has 1 atom stereocenters. The minimum atomic E-state index is 0.0886. The Balaban J connectivity index is 2.36. The van der Waals surface area contributed by atoms with Gasteiger partial charge in [-0.25, -0.2) is 9.97 Å². The number of methoxy groups -OCH3 is 1. The van der Waals surface area contributed by atoms with Gasteiger partial charge in [0, 0.05) is 18.0 Å². The van der Waals surface area contributed by atoms with Gasteiger partial charge in [0.1, 0.15) is 12.1 Å². The van der Waals surface area contributed by atoms with Crippen molar-refractivity contribution in [1.82, 2.24) is 15.3 Å². The van der Waals surface area contributed by atoms with E-state index in [-0.39, 0.29) is 6.04 Å². The van der Waals surface area contributed by atoms with Gasteiger partial charge in [-0.05, 0) is 37.1 Å². The van der Waals surface area contributed by atoms with Crippen LogP contribution in [0, 0.1) is 6.92 Å².